The first-order valence-corrected chi connectivity index (χ1v) is 9.17. The van der Waals surface area contributed by atoms with Gasteiger partial charge in [0.1, 0.15) is 0 Å². The highest BCUT2D eigenvalue weighted by molar-refractivity contribution is 5.98. The van der Waals surface area contributed by atoms with Crippen LogP contribution in [0, 0.1) is 5.41 Å². The number of rotatable bonds is 6. The Hall–Kier alpha value is -2.46. The van der Waals surface area contributed by atoms with Gasteiger partial charge in [-0.05, 0) is 29.5 Å². The minimum atomic E-state index is 0.0127. The SMILES string of the molecule is CC1(CN)CCN(C(=O)CCC(=O)c2ccc(-c3ccccc3)cc2)C1. The lowest BCUT2D eigenvalue weighted by Crippen LogP contribution is -2.34. The molecule has 0 aliphatic carbocycles. The van der Waals surface area contributed by atoms with Crippen molar-refractivity contribution in [3.63, 3.8) is 0 Å². The Morgan fingerprint density at radius 2 is 1.65 bits per heavy atom. The van der Waals surface area contributed by atoms with Gasteiger partial charge >= 0.3 is 0 Å². The van der Waals surface area contributed by atoms with E-state index >= 15 is 0 Å². The fraction of sp³-hybridized carbons (Fsp3) is 0.364. The van der Waals surface area contributed by atoms with Gasteiger partial charge in [0, 0.05) is 31.5 Å². The van der Waals surface area contributed by atoms with Gasteiger partial charge in [-0.25, -0.2) is 0 Å². The molecule has 2 N–H and O–H groups in total. The third kappa shape index (κ3) is 4.20. The molecule has 1 atom stereocenters. The summed E-state index contributed by atoms with van der Waals surface area (Å²) in [5, 5.41) is 0. The van der Waals surface area contributed by atoms with Crippen molar-refractivity contribution >= 4 is 11.7 Å². The van der Waals surface area contributed by atoms with Gasteiger partial charge in [0.05, 0.1) is 0 Å². The summed E-state index contributed by atoms with van der Waals surface area (Å²) < 4.78 is 0. The van der Waals surface area contributed by atoms with E-state index < -0.39 is 0 Å². The van der Waals surface area contributed by atoms with Gasteiger partial charge in [0.25, 0.3) is 0 Å². The Morgan fingerprint density at radius 1 is 1.00 bits per heavy atom. The average Bonchev–Trinajstić information content (AvgIpc) is 3.10. The summed E-state index contributed by atoms with van der Waals surface area (Å²) in [6, 6.07) is 17.7. The number of nitrogens with zero attached hydrogens (tertiary/aromatic N) is 1. The molecule has 3 rings (SSSR count). The molecule has 1 saturated heterocycles. The summed E-state index contributed by atoms with van der Waals surface area (Å²) in [6.45, 7) is 4.14. The Kier molecular flexibility index (Phi) is 5.52. The van der Waals surface area contributed by atoms with Gasteiger partial charge in [0.15, 0.2) is 5.78 Å². The highest BCUT2D eigenvalue weighted by atomic mass is 16.2. The van der Waals surface area contributed by atoms with Crippen molar-refractivity contribution in [2.24, 2.45) is 11.1 Å². The molecule has 0 radical (unpaired) electrons. The summed E-state index contributed by atoms with van der Waals surface area (Å²) >= 11 is 0. The van der Waals surface area contributed by atoms with E-state index in [1.54, 1.807) is 0 Å². The number of likely N-dealkylation sites (tertiary alicyclic amines) is 1. The lowest BCUT2D eigenvalue weighted by molar-refractivity contribution is -0.130. The molecule has 1 aliphatic heterocycles. The molecule has 2 aromatic rings. The van der Waals surface area contributed by atoms with Gasteiger partial charge in [-0.3, -0.25) is 9.59 Å². The normalized spacial score (nSPS) is 19.5. The van der Waals surface area contributed by atoms with E-state index in [1.807, 2.05) is 59.5 Å². The highest BCUT2D eigenvalue weighted by Crippen LogP contribution is 2.29. The number of carbonyl (C=O) groups excluding carboxylic acids is 2. The average molecular weight is 350 g/mol. The molecular formula is C22H26N2O2. The number of hydrogen-bond acceptors (Lipinski definition) is 3. The highest BCUT2D eigenvalue weighted by Gasteiger charge is 2.34. The Bertz CT molecular complexity index is 770. The van der Waals surface area contributed by atoms with Crippen LogP contribution in [-0.2, 0) is 4.79 Å². The smallest absolute Gasteiger partial charge is 0.223 e. The Balaban J connectivity index is 1.55. The standard InChI is InChI=1S/C22H26N2O2/c1-22(15-23)13-14-24(16-22)21(26)12-11-20(25)19-9-7-18(8-10-19)17-5-3-2-4-6-17/h2-10H,11-16,23H2,1H3. The van der Waals surface area contributed by atoms with Crippen molar-refractivity contribution in [2.75, 3.05) is 19.6 Å². The molecule has 1 unspecified atom stereocenters. The minimum absolute atomic E-state index is 0.0127. The first-order chi connectivity index (χ1) is 12.5. The fourth-order valence-corrected chi connectivity index (χ4v) is 3.41. The molecule has 1 heterocycles. The summed E-state index contributed by atoms with van der Waals surface area (Å²) in [4.78, 5) is 26.6. The lowest BCUT2D eigenvalue weighted by atomic mass is 9.90. The number of benzene rings is 2. The van der Waals surface area contributed by atoms with E-state index in [2.05, 4.69) is 6.92 Å². The van der Waals surface area contributed by atoms with Gasteiger partial charge < -0.3 is 10.6 Å². The summed E-state index contributed by atoms with van der Waals surface area (Å²) in [6.07, 6.45) is 1.45. The maximum atomic E-state index is 12.4. The second-order valence-corrected chi connectivity index (χ2v) is 7.45. The molecule has 0 saturated carbocycles. The van der Waals surface area contributed by atoms with Crippen LogP contribution in [0.4, 0.5) is 0 Å². The molecule has 0 aromatic heterocycles. The molecule has 0 bridgehead atoms. The van der Waals surface area contributed by atoms with Crippen molar-refractivity contribution in [1.82, 2.24) is 4.90 Å². The third-order valence-corrected chi connectivity index (χ3v) is 5.28. The lowest BCUT2D eigenvalue weighted by Gasteiger charge is -2.22. The second kappa shape index (κ2) is 7.83. The molecule has 26 heavy (non-hydrogen) atoms. The summed E-state index contributed by atoms with van der Waals surface area (Å²) in [5.74, 6) is 0.0650. The predicted molar refractivity (Wildman–Crippen MR) is 104 cm³/mol. The van der Waals surface area contributed by atoms with Crippen LogP contribution in [0.5, 0.6) is 0 Å². The number of amides is 1. The number of Topliss-reactive ketones (excluding diaryl/α,β-unsaturated/α-hetero) is 1. The first-order valence-electron chi connectivity index (χ1n) is 9.17. The molecule has 1 aliphatic rings. The largest absolute Gasteiger partial charge is 0.342 e. The van der Waals surface area contributed by atoms with Crippen LogP contribution in [0.15, 0.2) is 54.6 Å². The molecule has 136 valence electrons. The van der Waals surface area contributed by atoms with E-state index in [-0.39, 0.29) is 29.9 Å². The van der Waals surface area contributed by atoms with E-state index in [0.29, 0.717) is 18.7 Å². The van der Waals surface area contributed by atoms with E-state index in [9.17, 15) is 9.59 Å². The van der Waals surface area contributed by atoms with E-state index in [4.69, 9.17) is 5.73 Å². The number of ketones is 1. The van der Waals surface area contributed by atoms with Gasteiger partial charge in [-0.1, -0.05) is 61.5 Å². The van der Waals surface area contributed by atoms with Crippen molar-refractivity contribution < 1.29 is 9.59 Å². The van der Waals surface area contributed by atoms with Crippen LogP contribution < -0.4 is 5.73 Å². The van der Waals surface area contributed by atoms with Gasteiger partial charge in [-0.2, -0.15) is 0 Å². The Labute approximate surface area is 155 Å². The van der Waals surface area contributed by atoms with Gasteiger partial charge in [-0.15, -0.1) is 0 Å². The molecular weight excluding hydrogens is 324 g/mol. The molecule has 1 amide bonds. The zero-order valence-corrected chi connectivity index (χ0v) is 15.3. The summed E-state index contributed by atoms with van der Waals surface area (Å²) in [7, 11) is 0. The third-order valence-electron chi connectivity index (χ3n) is 5.28. The number of nitrogens with two attached hydrogens (primary N) is 1. The zero-order chi connectivity index (χ0) is 18.6. The Morgan fingerprint density at radius 3 is 2.27 bits per heavy atom. The van der Waals surface area contributed by atoms with Crippen LogP contribution >= 0.6 is 0 Å². The van der Waals surface area contributed by atoms with Gasteiger partial charge in [0.2, 0.25) is 5.91 Å². The molecule has 4 nitrogen and oxygen atoms in total. The van der Waals surface area contributed by atoms with Crippen molar-refractivity contribution in [3.8, 4) is 11.1 Å². The zero-order valence-electron chi connectivity index (χ0n) is 15.3. The van der Waals surface area contributed by atoms with E-state index in [1.165, 1.54) is 0 Å². The number of carbonyl (C=O) groups is 2. The second-order valence-electron chi connectivity index (χ2n) is 7.45. The minimum Gasteiger partial charge on any atom is -0.342 e. The molecule has 2 aromatic carbocycles. The topological polar surface area (TPSA) is 63.4 Å². The quantitative estimate of drug-likeness (QED) is 0.811. The molecule has 4 heteroatoms. The molecule has 0 spiro atoms. The van der Waals surface area contributed by atoms with Crippen molar-refractivity contribution in [2.45, 2.75) is 26.2 Å². The van der Waals surface area contributed by atoms with Crippen LogP contribution in [0.1, 0.15) is 36.5 Å². The van der Waals surface area contributed by atoms with Crippen LogP contribution in [-0.4, -0.2) is 36.2 Å². The maximum absolute atomic E-state index is 12.4. The van der Waals surface area contributed by atoms with Crippen LogP contribution in [0.3, 0.4) is 0 Å². The molecule has 1 fully saturated rings. The monoisotopic (exact) mass is 350 g/mol. The maximum Gasteiger partial charge on any atom is 0.223 e. The van der Waals surface area contributed by atoms with Crippen LogP contribution in [0.25, 0.3) is 11.1 Å². The first kappa shape index (κ1) is 18.3. The fourth-order valence-electron chi connectivity index (χ4n) is 3.41. The van der Waals surface area contributed by atoms with Crippen molar-refractivity contribution in [3.05, 3.63) is 60.2 Å². The number of hydrogen-bond donors (Lipinski definition) is 1. The van der Waals surface area contributed by atoms with Crippen LogP contribution in [0.2, 0.25) is 0 Å². The summed E-state index contributed by atoms with van der Waals surface area (Å²) in [5.41, 5.74) is 8.67. The van der Waals surface area contributed by atoms with E-state index in [0.717, 1.165) is 24.1 Å². The van der Waals surface area contributed by atoms with Crippen molar-refractivity contribution in [1.29, 1.82) is 0 Å². The predicted octanol–water partition coefficient (Wildman–Crippen LogP) is 3.51.